The summed E-state index contributed by atoms with van der Waals surface area (Å²) in [5.41, 5.74) is -0.152. The van der Waals surface area contributed by atoms with E-state index in [1.54, 1.807) is 7.05 Å². The maximum atomic E-state index is 12.8. The first-order valence-electron chi connectivity index (χ1n) is 8.47. The normalized spacial score (nSPS) is 15.9. The number of nitrogens with zero attached hydrogens (tertiary/aromatic N) is 3. The Morgan fingerprint density at radius 1 is 1.27 bits per heavy atom. The Hall–Kier alpha value is -2.20. The van der Waals surface area contributed by atoms with Gasteiger partial charge in [0.15, 0.2) is 0 Å². The van der Waals surface area contributed by atoms with Crippen LogP contribution in [0, 0.1) is 10.1 Å². The molecule has 1 amide bonds. The van der Waals surface area contributed by atoms with Crippen LogP contribution in [0.25, 0.3) is 0 Å². The molecule has 9 nitrogen and oxygen atoms in total. The van der Waals surface area contributed by atoms with E-state index < -0.39 is 14.9 Å². The second-order valence-corrected chi connectivity index (χ2v) is 8.19. The van der Waals surface area contributed by atoms with Crippen molar-refractivity contribution in [3.8, 4) is 0 Å². The molecule has 0 spiro atoms. The van der Waals surface area contributed by atoms with E-state index in [1.165, 1.54) is 28.4 Å². The molecule has 0 radical (unpaired) electrons. The van der Waals surface area contributed by atoms with Crippen molar-refractivity contribution in [3.63, 3.8) is 0 Å². The monoisotopic (exact) mass is 384 g/mol. The van der Waals surface area contributed by atoms with Crippen LogP contribution in [-0.4, -0.2) is 57.3 Å². The minimum absolute atomic E-state index is 0.0738. The zero-order valence-corrected chi connectivity index (χ0v) is 15.8. The molecule has 1 aliphatic rings. The van der Waals surface area contributed by atoms with Gasteiger partial charge in [-0.05, 0) is 25.0 Å². The summed E-state index contributed by atoms with van der Waals surface area (Å²) in [6, 6.07) is 3.82. The standard InChI is InChI=1S/C16H24N4O5S/c1-17-16(21)12-18(2)14-8-7-13(11-15(14)20(22)23)26(24,25)19-9-5-3-4-6-10-19/h7-8,11H,3-6,9-10,12H2,1-2H3,(H,17,21). The molecule has 0 aliphatic carbocycles. The quantitative estimate of drug-likeness (QED) is 0.585. The Morgan fingerprint density at radius 3 is 2.42 bits per heavy atom. The molecule has 0 bridgehead atoms. The van der Waals surface area contributed by atoms with E-state index in [9.17, 15) is 23.3 Å². The second kappa shape index (κ2) is 8.45. The van der Waals surface area contributed by atoms with Gasteiger partial charge in [0.1, 0.15) is 5.69 Å². The van der Waals surface area contributed by atoms with Crippen LogP contribution in [0.4, 0.5) is 11.4 Å². The summed E-state index contributed by atoms with van der Waals surface area (Å²) < 4.78 is 27.1. The van der Waals surface area contributed by atoms with Gasteiger partial charge in [-0.1, -0.05) is 12.8 Å². The fourth-order valence-electron chi connectivity index (χ4n) is 2.94. The van der Waals surface area contributed by atoms with Crippen molar-refractivity contribution in [2.45, 2.75) is 30.6 Å². The lowest BCUT2D eigenvalue weighted by atomic mass is 10.2. The van der Waals surface area contributed by atoms with Crippen molar-refractivity contribution >= 4 is 27.3 Å². The zero-order valence-electron chi connectivity index (χ0n) is 15.0. The highest BCUT2D eigenvalue weighted by atomic mass is 32.2. The third kappa shape index (κ3) is 4.50. The molecule has 1 heterocycles. The predicted molar refractivity (Wildman–Crippen MR) is 97.7 cm³/mol. The van der Waals surface area contributed by atoms with E-state index in [0.29, 0.717) is 13.1 Å². The van der Waals surface area contributed by atoms with Gasteiger partial charge in [0.05, 0.1) is 16.4 Å². The number of nitro groups is 1. The van der Waals surface area contributed by atoms with E-state index in [-0.39, 0.29) is 28.7 Å². The third-order valence-electron chi connectivity index (χ3n) is 4.42. The van der Waals surface area contributed by atoms with Crippen LogP contribution >= 0.6 is 0 Å². The highest BCUT2D eigenvalue weighted by Crippen LogP contribution is 2.31. The summed E-state index contributed by atoms with van der Waals surface area (Å²) in [6.45, 7) is 0.776. The third-order valence-corrected chi connectivity index (χ3v) is 6.31. The lowest BCUT2D eigenvalue weighted by molar-refractivity contribution is -0.384. The fourth-order valence-corrected chi connectivity index (χ4v) is 4.48. The van der Waals surface area contributed by atoms with Crippen LogP contribution in [0.3, 0.4) is 0 Å². The van der Waals surface area contributed by atoms with Gasteiger partial charge in [-0.2, -0.15) is 4.31 Å². The van der Waals surface area contributed by atoms with Crippen molar-refractivity contribution < 1.29 is 18.1 Å². The van der Waals surface area contributed by atoms with Gasteiger partial charge in [-0.25, -0.2) is 8.42 Å². The van der Waals surface area contributed by atoms with E-state index >= 15 is 0 Å². The van der Waals surface area contributed by atoms with Crippen LogP contribution in [0.1, 0.15) is 25.7 Å². The molecule has 26 heavy (non-hydrogen) atoms. The Morgan fingerprint density at radius 2 is 1.88 bits per heavy atom. The molecule has 144 valence electrons. The van der Waals surface area contributed by atoms with Crippen molar-refractivity contribution in [2.75, 3.05) is 38.6 Å². The Bertz CT molecular complexity index is 773. The number of anilines is 1. The molecule has 1 N–H and O–H groups in total. The van der Waals surface area contributed by atoms with Crippen LogP contribution in [0.5, 0.6) is 0 Å². The summed E-state index contributed by atoms with van der Waals surface area (Å²) in [6.07, 6.45) is 3.54. The molecular formula is C16H24N4O5S. The number of amides is 1. The summed E-state index contributed by atoms with van der Waals surface area (Å²) in [5, 5.41) is 13.9. The topological polar surface area (TPSA) is 113 Å². The predicted octanol–water partition coefficient (Wildman–Crippen LogP) is 1.34. The Labute approximate surface area is 153 Å². The van der Waals surface area contributed by atoms with Crippen LogP contribution in [0.2, 0.25) is 0 Å². The molecule has 0 unspecified atom stereocenters. The van der Waals surface area contributed by atoms with Crippen molar-refractivity contribution in [1.29, 1.82) is 0 Å². The molecule has 1 aromatic rings. The number of hydrogen-bond acceptors (Lipinski definition) is 6. The number of nitro benzene ring substituents is 1. The van der Waals surface area contributed by atoms with Gasteiger partial charge in [-0.15, -0.1) is 0 Å². The van der Waals surface area contributed by atoms with Crippen LogP contribution < -0.4 is 10.2 Å². The highest BCUT2D eigenvalue weighted by molar-refractivity contribution is 7.89. The Balaban J connectivity index is 2.38. The molecule has 1 fully saturated rings. The SMILES string of the molecule is CNC(=O)CN(C)c1ccc(S(=O)(=O)N2CCCCCC2)cc1[N+](=O)[O-]. The van der Waals surface area contributed by atoms with Crippen molar-refractivity contribution in [1.82, 2.24) is 9.62 Å². The number of rotatable bonds is 6. The fraction of sp³-hybridized carbons (Fsp3) is 0.562. The molecule has 10 heteroatoms. The Kier molecular flexibility index (Phi) is 6.54. The smallest absolute Gasteiger partial charge is 0.293 e. The van der Waals surface area contributed by atoms with E-state index in [1.807, 2.05) is 0 Å². The minimum atomic E-state index is -3.78. The first-order valence-corrected chi connectivity index (χ1v) is 9.91. The van der Waals surface area contributed by atoms with Crippen molar-refractivity contribution in [3.05, 3.63) is 28.3 Å². The molecule has 0 aromatic heterocycles. The molecule has 1 aromatic carbocycles. The maximum absolute atomic E-state index is 12.8. The number of nitrogens with one attached hydrogen (secondary N) is 1. The highest BCUT2D eigenvalue weighted by Gasteiger charge is 2.28. The van der Waals surface area contributed by atoms with Gasteiger partial charge in [0, 0.05) is 33.3 Å². The molecule has 1 saturated heterocycles. The lowest BCUT2D eigenvalue weighted by Crippen LogP contribution is -2.33. The average Bonchev–Trinajstić information content (AvgIpc) is 2.90. The second-order valence-electron chi connectivity index (χ2n) is 6.26. The number of carbonyl (C=O) groups excluding carboxylic acids is 1. The molecule has 0 atom stereocenters. The number of benzene rings is 1. The van der Waals surface area contributed by atoms with E-state index in [0.717, 1.165) is 31.7 Å². The van der Waals surface area contributed by atoms with Gasteiger partial charge < -0.3 is 10.2 Å². The summed E-state index contributed by atoms with van der Waals surface area (Å²) >= 11 is 0. The molecule has 2 rings (SSSR count). The number of likely N-dealkylation sites (N-methyl/N-ethyl adjacent to an activating group) is 2. The zero-order chi connectivity index (χ0) is 19.3. The number of sulfonamides is 1. The van der Waals surface area contributed by atoms with Gasteiger partial charge in [0.2, 0.25) is 15.9 Å². The van der Waals surface area contributed by atoms with Crippen molar-refractivity contribution in [2.24, 2.45) is 0 Å². The van der Waals surface area contributed by atoms with Gasteiger partial charge in [-0.3, -0.25) is 14.9 Å². The minimum Gasteiger partial charge on any atom is -0.360 e. The van der Waals surface area contributed by atoms with Gasteiger partial charge >= 0.3 is 0 Å². The van der Waals surface area contributed by atoms with Gasteiger partial charge in [0.25, 0.3) is 5.69 Å². The average molecular weight is 384 g/mol. The number of hydrogen-bond donors (Lipinski definition) is 1. The first-order chi connectivity index (χ1) is 12.3. The van der Waals surface area contributed by atoms with E-state index in [2.05, 4.69) is 5.32 Å². The summed E-state index contributed by atoms with van der Waals surface area (Å²) in [7, 11) is -0.765. The van der Waals surface area contributed by atoms with E-state index in [4.69, 9.17) is 0 Å². The maximum Gasteiger partial charge on any atom is 0.293 e. The number of carbonyl (C=O) groups is 1. The molecule has 0 saturated carbocycles. The molecular weight excluding hydrogens is 360 g/mol. The molecule has 1 aliphatic heterocycles. The van der Waals surface area contributed by atoms with Crippen LogP contribution in [0.15, 0.2) is 23.1 Å². The summed E-state index contributed by atoms with van der Waals surface area (Å²) in [4.78, 5) is 23.7. The largest absolute Gasteiger partial charge is 0.360 e. The first kappa shape index (κ1) is 20.1. The van der Waals surface area contributed by atoms with Crippen LogP contribution in [-0.2, 0) is 14.8 Å². The summed E-state index contributed by atoms with van der Waals surface area (Å²) in [5.74, 6) is -0.303. The lowest BCUT2D eigenvalue weighted by Gasteiger charge is -2.21.